The first-order valence-electron chi connectivity index (χ1n) is 12.9. The predicted octanol–water partition coefficient (Wildman–Crippen LogP) is 1.44. The number of hydrogen-bond donors (Lipinski definition) is 7. The van der Waals surface area contributed by atoms with Gasteiger partial charge in [0.05, 0.1) is 17.9 Å². The highest BCUT2D eigenvalue weighted by molar-refractivity contribution is 6.30. The summed E-state index contributed by atoms with van der Waals surface area (Å²) in [4.78, 5) is 29.8. The van der Waals surface area contributed by atoms with Gasteiger partial charge >= 0.3 is 0 Å². The zero-order valence-electron chi connectivity index (χ0n) is 22.0. The van der Waals surface area contributed by atoms with Crippen LogP contribution < -0.4 is 31.9 Å². The molecule has 0 radical (unpaired) electrons. The van der Waals surface area contributed by atoms with Crippen LogP contribution in [0.15, 0.2) is 42.5 Å². The van der Waals surface area contributed by atoms with E-state index in [0.29, 0.717) is 41.7 Å². The molecule has 5 rings (SSSR count). The van der Waals surface area contributed by atoms with Crippen molar-refractivity contribution in [3.63, 3.8) is 0 Å². The summed E-state index contributed by atoms with van der Waals surface area (Å²) in [5, 5.41) is 37.3. The van der Waals surface area contributed by atoms with Gasteiger partial charge in [-0.1, -0.05) is 11.6 Å². The number of benzene rings is 2. The van der Waals surface area contributed by atoms with E-state index in [0.717, 1.165) is 0 Å². The molecule has 0 unspecified atom stereocenters. The molecule has 0 saturated carbocycles. The lowest BCUT2D eigenvalue weighted by Crippen LogP contribution is -2.53. The smallest absolute Gasteiger partial charge is 0.255 e. The first kappa shape index (κ1) is 30.5. The number of nitrogens with zero attached hydrogens (tertiary/aromatic N) is 5. The maximum absolute atomic E-state index is 12.6. The lowest BCUT2D eigenvalue weighted by atomic mass is 10.0. The quantitative estimate of drug-likeness (QED) is 0.200. The number of nitrogens with two attached hydrogens (primary N) is 2. The number of carbonyl (C=O) groups excluding carboxylic acids is 1. The van der Waals surface area contributed by atoms with Crippen LogP contribution >= 0.6 is 24.0 Å². The van der Waals surface area contributed by atoms with Gasteiger partial charge in [0.2, 0.25) is 17.8 Å². The first-order valence-corrected chi connectivity index (χ1v) is 13.3. The van der Waals surface area contributed by atoms with E-state index in [4.69, 9.17) is 23.1 Å². The number of hydrogen-bond acceptors (Lipinski definition) is 12. The molecule has 2 saturated heterocycles. The molecule has 220 valence electrons. The van der Waals surface area contributed by atoms with Crippen LogP contribution in [0.5, 0.6) is 5.75 Å². The highest BCUT2D eigenvalue weighted by Crippen LogP contribution is 2.30. The Morgan fingerprint density at radius 1 is 0.878 bits per heavy atom. The minimum absolute atomic E-state index is 0. The van der Waals surface area contributed by atoms with Crippen molar-refractivity contribution in [2.24, 2.45) is 11.5 Å². The molecule has 2 aliphatic rings. The Morgan fingerprint density at radius 2 is 1.46 bits per heavy atom. The zero-order chi connectivity index (χ0) is 28.4. The highest BCUT2D eigenvalue weighted by atomic mass is 35.5. The number of halogens is 2. The van der Waals surface area contributed by atoms with Gasteiger partial charge in [-0.05, 0) is 42.8 Å². The molecule has 0 bridgehead atoms. The number of phenolic OH excluding ortho intramolecular Hbond substituents is 1. The van der Waals surface area contributed by atoms with Crippen LogP contribution in [0.25, 0.3) is 0 Å². The van der Waals surface area contributed by atoms with Crippen molar-refractivity contribution in [3.8, 4) is 5.75 Å². The predicted molar refractivity (Wildman–Crippen MR) is 159 cm³/mol. The molecule has 41 heavy (non-hydrogen) atoms. The van der Waals surface area contributed by atoms with Crippen molar-refractivity contribution in [2.45, 2.75) is 37.1 Å². The van der Waals surface area contributed by atoms with Crippen LogP contribution in [0.4, 0.5) is 29.2 Å². The van der Waals surface area contributed by atoms with Gasteiger partial charge in [0, 0.05) is 67.0 Å². The molecule has 13 nitrogen and oxygen atoms in total. The molecule has 15 heteroatoms. The Kier molecular flexibility index (Phi) is 9.68. The summed E-state index contributed by atoms with van der Waals surface area (Å²) in [6.45, 7) is 1.51. The fourth-order valence-corrected chi connectivity index (χ4v) is 5.01. The number of aliphatic hydroxyl groups is 2. The van der Waals surface area contributed by atoms with Crippen molar-refractivity contribution in [1.29, 1.82) is 0 Å². The molecule has 2 aromatic carbocycles. The number of anilines is 5. The van der Waals surface area contributed by atoms with E-state index in [2.05, 4.69) is 25.6 Å². The van der Waals surface area contributed by atoms with E-state index < -0.39 is 18.1 Å². The molecule has 1 amide bonds. The summed E-state index contributed by atoms with van der Waals surface area (Å²) >= 11 is 5.89. The number of nitrogens with one attached hydrogen (secondary N) is 2. The molecule has 2 fully saturated rings. The fourth-order valence-electron chi connectivity index (χ4n) is 4.88. The Labute approximate surface area is 248 Å². The second kappa shape index (κ2) is 13.0. The van der Waals surface area contributed by atoms with E-state index >= 15 is 0 Å². The lowest BCUT2D eigenvalue weighted by Gasteiger charge is -2.36. The van der Waals surface area contributed by atoms with Gasteiger partial charge in [-0.3, -0.25) is 4.79 Å². The highest BCUT2D eigenvalue weighted by Gasteiger charge is 2.29. The third-order valence-electron chi connectivity index (χ3n) is 6.71. The number of carbonyl (C=O) groups is 1. The maximum Gasteiger partial charge on any atom is 0.255 e. The number of aliphatic hydroxyl groups excluding tert-OH is 2. The van der Waals surface area contributed by atoms with Crippen LogP contribution in [-0.2, 0) is 0 Å². The van der Waals surface area contributed by atoms with Crippen molar-refractivity contribution in [3.05, 3.63) is 53.1 Å². The molecule has 3 heterocycles. The van der Waals surface area contributed by atoms with E-state index in [9.17, 15) is 20.1 Å². The summed E-state index contributed by atoms with van der Waals surface area (Å²) in [6, 6.07) is 10.7. The first-order chi connectivity index (χ1) is 19.1. The van der Waals surface area contributed by atoms with Gasteiger partial charge in [0.25, 0.3) is 5.91 Å². The van der Waals surface area contributed by atoms with Gasteiger partial charge in [-0.2, -0.15) is 15.0 Å². The molecule has 3 aromatic rings. The average molecular weight is 607 g/mol. The minimum atomic E-state index is -0.732. The third kappa shape index (κ3) is 7.64. The number of amides is 1. The number of piperidine rings is 2. The Balaban J connectivity index is 0.00000387. The molecular formula is C26H33Cl2N9O4. The zero-order valence-corrected chi connectivity index (χ0v) is 23.6. The van der Waals surface area contributed by atoms with Crippen molar-refractivity contribution in [2.75, 3.05) is 46.6 Å². The average Bonchev–Trinajstić information content (AvgIpc) is 2.89. The van der Waals surface area contributed by atoms with Crippen molar-refractivity contribution in [1.82, 2.24) is 15.0 Å². The van der Waals surface area contributed by atoms with Crippen molar-refractivity contribution < 1.29 is 20.1 Å². The van der Waals surface area contributed by atoms with E-state index in [1.807, 2.05) is 4.90 Å². The number of β-amino-alcohol motifs (C(OH)–C–C–N with tert-alkyl or cyclic N) is 2. The fraction of sp³-hybridized carbons (Fsp3) is 0.385. The van der Waals surface area contributed by atoms with Gasteiger partial charge in [-0.15, -0.1) is 12.4 Å². The second-order valence-electron chi connectivity index (χ2n) is 10.2. The number of rotatable bonds is 6. The summed E-state index contributed by atoms with van der Waals surface area (Å²) in [7, 11) is 0. The normalized spacial score (nSPS) is 22.6. The maximum atomic E-state index is 12.6. The molecule has 2 aliphatic heterocycles. The van der Waals surface area contributed by atoms with E-state index in [1.165, 1.54) is 6.07 Å². The standard InChI is InChI=1S/C26H32ClN9O4.ClH/c27-15-3-1-14(2-4-15)23(40)31-21-6-5-18(8-22(21)39)30-24-32-25(35-10-16(28)7-17(29)11-35)34-26(33-24)36-12-19(37)9-20(38)13-36;/h1-6,8,16-17,19-20,37-39H,7,9-13,28-29H2,(H,31,40)(H,30,32,33,34);1H/t16-,17+,19-,20+;. The molecule has 9 N–H and O–H groups in total. The van der Waals surface area contributed by atoms with Gasteiger partial charge in [0.15, 0.2) is 0 Å². The van der Waals surface area contributed by atoms with Crippen LogP contribution in [0.2, 0.25) is 5.02 Å². The monoisotopic (exact) mass is 605 g/mol. The second-order valence-corrected chi connectivity index (χ2v) is 10.6. The molecular weight excluding hydrogens is 573 g/mol. The Morgan fingerprint density at radius 3 is 2.05 bits per heavy atom. The Bertz CT molecular complexity index is 1300. The van der Waals surface area contributed by atoms with E-state index in [-0.39, 0.29) is 67.3 Å². The molecule has 0 spiro atoms. The molecule has 1 aromatic heterocycles. The minimum Gasteiger partial charge on any atom is -0.506 e. The van der Waals surface area contributed by atoms with Gasteiger partial charge < -0.3 is 47.2 Å². The van der Waals surface area contributed by atoms with Crippen LogP contribution in [0, 0.1) is 0 Å². The van der Waals surface area contributed by atoms with Crippen LogP contribution in [-0.4, -0.2) is 86.6 Å². The summed E-state index contributed by atoms with van der Waals surface area (Å²) in [5.74, 6) is 0.234. The van der Waals surface area contributed by atoms with Crippen LogP contribution in [0.3, 0.4) is 0 Å². The van der Waals surface area contributed by atoms with Crippen LogP contribution in [0.1, 0.15) is 23.2 Å². The van der Waals surface area contributed by atoms with E-state index in [1.54, 1.807) is 41.3 Å². The summed E-state index contributed by atoms with van der Waals surface area (Å²) in [6.07, 6.45) is -0.505. The molecule has 0 aliphatic carbocycles. The van der Waals surface area contributed by atoms with Gasteiger partial charge in [-0.25, -0.2) is 0 Å². The lowest BCUT2D eigenvalue weighted by molar-refractivity contribution is 0.0645. The van der Waals surface area contributed by atoms with Crippen molar-refractivity contribution >= 4 is 59.1 Å². The summed E-state index contributed by atoms with van der Waals surface area (Å²) < 4.78 is 0. The number of aromatic nitrogens is 3. The third-order valence-corrected chi connectivity index (χ3v) is 6.96. The topological polar surface area (TPSA) is 199 Å². The SMILES string of the molecule is Cl.N[C@@H]1C[C@H](N)CN(c2nc(Nc3ccc(NC(=O)c4ccc(Cl)cc4)c(O)c3)nc(N3C[C@H](O)C[C@H](O)C3)n2)C1. The van der Waals surface area contributed by atoms with Gasteiger partial charge in [0.1, 0.15) is 5.75 Å². The molecule has 4 atom stereocenters. The number of phenols is 1. The largest absolute Gasteiger partial charge is 0.506 e. The Hall–Kier alpha value is -3.46. The summed E-state index contributed by atoms with van der Waals surface area (Å²) in [5.41, 5.74) is 13.4. The number of aromatic hydroxyl groups is 1.